The molecule has 4 nitrogen and oxygen atoms in total. The molecule has 0 atom stereocenters. The number of nitrogens with one attached hydrogen (secondary N) is 1. The molecule has 0 spiro atoms. The summed E-state index contributed by atoms with van der Waals surface area (Å²) < 4.78 is 1.87. The monoisotopic (exact) mass is 255 g/mol. The van der Waals surface area contributed by atoms with Gasteiger partial charge in [-0.2, -0.15) is 0 Å². The summed E-state index contributed by atoms with van der Waals surface area (Å²) in [6, 6.07) is 7.55. The maximum atomic E-state index is 12.1. The van der Waals surface area contributed by atoms with Gasteiger partial charge in [0.25, 0.3) is 5.56 Å². The van der Waals surface area contributed by atoms with Crippen LogP contribution in [0.3, 0.4) is 0 Å². The first-order valence-corrected chi connectivity index (χ1v) is 6.62. The lowest BCUT2D eigenvalue weighted by Gasteiger charge is -2.12. The van der Waals surface area contributed by atoms with Crippen molar-refractivity contribution in [3.8, 4) is 0 Å². The van der Waals surface area contributed by atoms with Crippen molar-refractivity contribution in [2.45, 2.75) is 25.8 Å². The highest BCUT2D eigenvalue weighted by Gasteiger charge is 2.16. The first kappa shape index (κ1) is 12.0. The molecule has 3 rings (SSSR count). The summed E-state index contributed by atoms with van der Waals surface area (Å²) in [4.78, 5) is 16.4. The number of aromatic nitrogens is 2. The standard InChI is InChI=1S/C15H17N3O/c1-16-12-7-8-17-13(9-12)10-18-14-4-2-3-11(14)5-6-15(18)19/h5-9H,2-4,10H2,1H3,(H,16,17). The highest BCUT2D eigenvalue weighted by Crippen LogP contribution is 2.20. The van der Waals surface area contributed by atoms with Crippen LogP contribution in [0.5, 0.6) is 0 Å². The first-order valence-electron chi connectivity index (χ1n) is 6.62. The van der Waals surface area contributed by atoms with Crippen molar-refractivity contribution >= 4 is 5.69 Å². The maximum absolute atomic E-state index is 12.1. The van der Waals surface area contributed by atoms with Gasteiger partial charge in [0.1, 0.15) is 0 Å². The second kappa shape index (κ2) is 4.88. The van der Waals surface area contributed by atoms with Gasteiger partial charge in [0.2, 0.25) is 0 Å². The van der Waals surface area contributed by atoms with E-state index in [1.807, 2.05) is 29.8 Å². The van der Waals surface area contributed by atoms with Gasteiger partial charge in [-0.05, 0) is 37.0 Å². The summed E-state index contributed by atoms with van der Waals surface area (Å²) in [6.45, 7) is 0.553. The Balaban J connectivity index is 1.99. The van der Waals surface area contributed by atoms with Crippen LogP contribution in [0.4, 0.5) is 5.69 Å². The predicted molar refractivity (Wildman–Crippen MR) is 75.6 cm³/mol. The molecule has 0 fully saturated rings. The second-order valence-corrected chi connectivity index (χ2v) is 4.87. The molecule has 19 heavy (non-hydrogen) atoms. The highest BCUT2D eigenvalue weighted by atomic mass is 16.1. The van der Waals surface area contributed by atoms with Crippen molar-refractivity contribution in [2.24, 2.45) is 0 Å². The van der Waals surface area contributed by atoms with Crippen LogP contribution < -0.4 is 10.9 Å². The predicted octanol–water partition coefficient (Wildman–Crippen LogP) is 1.82. The number of nitrogens with zero attached hydrogens (tertiary/aromatic N) is 2. The molecule has 1 aliphatic rings. The fourth-order valence-corrected chi connectivity index (χ4v) is 2.69. The topological polar surface area (TPSA) is 46.9 Å². The number of pyridine rings is 2. The molecule has 2 heterocycles. The van der Waals surface area contributed by atoms with E-state index >= 15 is 0 Å². The first-order chi connectivity index (χ1) is 9.28. The maximum Gasteiger partial charge on any atom is 0.251 e. The van der Waals surface area contributed by atoms with Crippen molar-refractivity contribution in [1.82, 2.24) is 9.55 Å². The van der Waals surface area contributed by atoms with Gasteiger partial charge in [0.15, 0.2) is 0 Å². The zero-order chi connectivity index (χ0) is 13.2. The molecule has 2 aromatic rings. The molecule has 1 aliphatic carbocycles. The average molecular weight is 255 g/mol. The second-order valence-electron chi connectivity index (χ2n) is 4.87. The van der Waals surface area contributed by atoms with E-state index in [1.165, 1.54) is 11.3 Å². The number of aryl methyl sites for hydroxylation is 1. The largest absolute Gasteiger partial charge is 0.388 e. The van der Waals surface area contributed by atoms with E-state index in [0.717, 1.165) is 30.6 Å². The fourth-order valence-electron chi connectivity index (χ4n) is 2.69. The normalized spacial score (nSPS) is 13.3. The summed E-state index contributed by atoms with van der Waals surface area (Å²) in [5, 5.41) is 3.09. The lowest BCUT2D eigenvalue weighted by molar-refractivity contribution is 0.693. The molecule has 0 unspecified atom stereocenters. The van der Waals surface area contributed by atoms with E-state index in [1.54, 1.807) is 12.3 Å². The SMILES string of the molecule is CNc1ccnc(Cn2c3c(ccc2=O)CCC3)c1. The van der Waals surface area contributed by atoms with Crippen molar-refractivity contribution in [3.05, 3.63) is 57.8 Å². The molecule has 0 bridgehead atoms. The Labute approximate surface area is 112 Å². The lowest BCUT2D eigenvalue weighted by atomic mass is 10.2. The van der Waals surface area contributed by atoms with Crippen LogP contribution in [0.25, 0.3) is 0 Å². The van der Waals surface area contributed by atoms with E-state index in [-0.39, 0.29) is 5.56 Å². The molecule has 4 heteroatoms. The molecule has 0 aliphatic heterocycles. The smallest absolute Gasteiger partial charge is 0.251 e. The molecule has 2 aromatic heterocycles. The van der Waals surface area contributed by atoms with Gasteiger partial charge in [0.05, 0.1) is 12.2 Å². The molecule has 0 amide bonds. The lowest BCUT2D eigenvalue weighted by Crippen LogP contribution is -2.23. The van der Waals surface area contributed by atoms with Crippen LogP contribution >= 0.6 is 0 Å². The molecule has 0 saturated carbocycles. The van der Waals surface area contributed by atoms with E-state index < -0.39 is 0 Å². The number of fused-ring (bicyclic) bond motifs is 1. The third-order valence-corrected chi connectivity index (χ3v) is 3.67. The molecular formula is C15H17N3O. The minimum atomic E-state index is 0.0670. The quantitative estimate of drug-likeness (QED) is 0.910. The number of hydrogen-bond donors (Lipinski definition) is 1. The summed E-state index contributed by atoms with van der Waals surface area (Å²) in [6.07, 6.45) is 4.99. The molecule has 0 radical (unpaired) electrons. The van der Waals surface area contributed by atoms with Crippen molar-refractivity contribution in [3.63, 3.8) is 0 Å². The summed E-state index contributed by atoms with van der Waals surface area (Å²) >= 11 is 0. The fraction of sp³-hybridized carbons (Fsp3) is 0.333. The summed E-state index contributed by atoms with van der Waals surface area (Å²) in [5.74, 6) is 0. The number of rotatable bonds is 3. The summed E-state index contributed by atoms with van der Waals surface area (Å²) in [5.41, 5.74) is 4.49. The Morgan fingerprint density at radius 1 is 1.32 bits per heavy atom. The van der Waals surface area contributed by atoms with Crippen LogP contribution in [0.15, 0.2) is 35.3 Å². The summed E-state index contributed by atoms with van der Waals surface area (Å²) in [7, 11) is 1.88. The number of anilines is 1. The van der Waals surface area contributed by atoms with Gasteiger partial charge >= 0.3 is 0 Å². The van der Waals surface area contributed by atoms with Crippen LogP contribution in [-0.4, -0.2) is 16.6 Å². The van der Waals surface area contributed by atoms with Crippen LogP contribution in [0.1, 0.15) is 23.4 Å². The zero-order valence-corrected chi connectivity index (χ0v) is 11.0. The van der Waals surface area contributed by atoms with Crippen LogP contribution in [-0.2, 0) is 19.4 Å². The molecule has 98 valence electrons. The number of hydrogen-bond acceptors (Lipinski definition) is 3. The Morgan fingerprint density at radius 3 is 3.05 bits per heavy atom. The third kappa shape index (κ3) is 2.26. The van der Waals surface area contributed by atoms with E-state index in [9.17, 15) is 4.79 Å². The third-order valence-electron chi connectivity index (χ3n) is 3.67. The Bertz CT molecular complexity index is 661. The minimum Gasteiger partial charge on any atom is -0.388 e. The van der Waals surface area contributed by atoms with Crippen molar-refractivity contribution in [2.75, 3.05) is 12.4 Å². The zero-order valence-electron chi connectivity index (χ0n) is 11.0. The highest BCUT2D eigenvalue weighted by molar-refractivity contribution is 5.42. The van der Waals surface area contributed by atoms with Gasteiger partial charge in [0, 0.05) is 30.7 Å². The average Bonchev–Trinajstić information content (AvgIpc) is 2.91. The van der Waals surface area contributed by atoms with Gasteiger partial charge in [-0.3, -0.25) is 9.78 Å². The molecule has 0 saturated heterocycles. The van der Waals surface area contributed by atoms with Crippen LogP contribution in [0.2, 0.25) is 0 Å². The van der Waals surface area contributed by atoms with E-state index in [0.29, 0.717) is 6.54 Å². The van der Waals surface area contributed by atoms with Crippen molar-refractivity contribution < 1.29 is 0 Å². The Morgan fingerprint density at radius 2 is 2.21 bits per heavy atom. The van der Waals surface area contributed by atoms with E-state index in [2.05, 4.69) is 10.3 Å². The van der Waals surface area contributed by atoms with Gasteiger partial charge < -0.3 is 9.88 Å². The molecule has 1 N–H and O–H groups in total. The Hall–Kier alpha value is -2.10. The molecular weight excluding hydrogens is 238 g/mol. The van der Waals surface area contributed by atoms with Gasteiger partial charge in [-0.1, -0.05) is 6.07 Å². The van der Waals surface area contributed by atoms with E-state index in [4.69, 9.17) is 0 Å². The van der Waals surface area contributed by atoms with Gasteiger partial charge in [-0.25, -0.2) is 0 Å². The Kier molecular flexibility index (Phi) is 3.07. The molecule has 0 aromatic carbocycles. The van der Waals surface area contributed by atoms with Gasteiger partial charge in [-0.15, -0.1) is 0 Å². The minimum absolute atomic E-state index is 0.0670. The van der Waals surface area contributed by atoms with Crippen LogP contribution in [0, 0.1) is 0 Å². The van der Waals surface area contributed by atoms with Crippen molar-refractivity contribution in [1.29, 1.82) is 0 Å².